The lowest BCUT2D eigenvalue weighted by Crippen LogP contribution is -2.33. The molecule has 2 aliphatic rings. The van der Waals surface area contributed by atoms with Gasteiger partial charge in [-0.15, -0.1) is 0 Å². The van der Waals surface area contributed by atoms with E-state index in [9.17, 15) is 5.11 Å². The zero-order valence-corrected chi connectivity index (χ0v) is 12.6. The van der Waals surface area contributed by atoms with Crippen molar-refractivity contribution in [2.75, 3.05) is 19.6 Å². The minimum atomic E-state index is -0.101. The van der Waals surface area contributed by atoms with Crippen molar-refractivity contribution in [2.45, 2.75) is 25.0 Å². The Morgan fingerprint density at radius 2 is 2.21 bits per heavy atom. The van der Waals surface area contributed by atoms with Crippen LogP contribution in [0.2, 0.25) is 0 Å². The molecule has 0 amide bonds. The number of nitrogens with zero attached hydrogens (tertiary/aromatic N) is 1. The second-order valence-corrected chi connectivity index (χ2v) is 6.74. The molecule has 2 fully saturated rings. The predicted octanol–water partition coefficient (Wildman–Crippen LogP) is 2.15. The third-order valence-corrected chi connectivity index (χ3v) is 5.24. The molecule has 4 unspecified atom stereocenters. The van der Waals surface area contributed by atoms with E-state index in [2.05, 4.69) is 39.0 Å². The van der Waals surface area contributed by atoms with Crippen LogP contribution in [0.1, 0.15) is 24.4 Å². The highest BCUT2D eigenvalue weighted by atomic mass is 79.9. The third kappa shape index (κ3) is 2.59. The van der Waals surface area contributed by atoms with Gasteiger partial charge in [0.2, 0.25) is 0 Å². The highest BCUT2D eigenvalue weighted by Gasteiger charge is 2.43. The van der Waals surface area contributed by atoms with Crippen LogP contribution in [0.25, 0.3) is 0 Å². The van der Waals surface area contributed by atoms with E-state index in [-0.39, 0.29) is 12.1 Å². The Morgan fingerprint density at radius 1 is 1.37 bits per heavy atom. The third-order valence-electron chi connectivity index (χ3n) is 4.74. The van der Waals surface area contributed by atoms with Gasteiger partial charge < -0.3 is 10.8 Å². The monoisotopic (exact) mass is 324 g/mol. The van der Waals surface area contributed by atoms with E-state index >= 15 is 0 Å². The van der Waals surface area contributed by atoms with Gasteiger partial charge in [0, 0.05) is 36.1 Å². The van der Waals surface area contributed by atoms with Gasteiger partial charge in [0.1, 0.15) is 0 Å². The number of aliphatic hydroxyl groups excluding tert-OH is 1. The van der Waals surface area contributed by atoms with Crippen molar-refractivity contribution < 1.29 is 5.11 Å². The summed E-state index contributed by atoms with van der Waals surface area (Å²) >= 11 is 3.53. The van der Waals surface area contributed by atoms with Gasteiger partial charge in [0.15, 0.2) is 0 Å². The van der Waals surface area contributed by atoms with Crippen molar-refractivity contribution >= 4 is 15.9 Å². The van der Waals surface area contributed by atoms with Gasteiger partial charge in [0.25, 0.3) is 0 Å². The molecule has 1 aromatic carbocycles. The van der Waals surface area contributed by atoms with Crippen LogP contribution >= 0.6 is 15.9 Å². The first-order chi connectivity index (χ1) is 9.19. The number of halogens is 1. The molecule has 4 atom stereocenters. The van der Waals surface area contributed by atoms with Crippen molar-refractivity contribution in [1.29, 1.82) is 0 Å². The summed E-state index contributed by atoms with van der Waals surface area (Å²) in [4.78, 5) is 2.46. The fourth-order valence-electron chi connectivity index (χ4n) is 3.74. The van der Waals surface area contributed by atoms with Crippen molar-refractivity contribution in [3.63, 3.8) is 0 Å². The van der Waals surface area contributed by atoms with Crippen molar-refractivity contribution in [3.8, 4) is 0 Å². The number of benzene rings is 1. The van der Waals surface area contributed by atoms with Crippen LogP contribution in [0.5, 0.6) is 0 Å². The zero-order chi connectivity index (χ0) is 13.4. The lowest BCUT2D eigenvalue weighted by atomic mass is 10.00. The Kier molecular flexibility index (Phi) is 3.94. The summed E-state index contributed by atoms with van der Waals surface area (Å²) in [6.45, 7) is 2.70. The average Bonchev–Trinajstić information content (AvgIpc) is 2.94. The van der Waals surface area contributed by atoms with E-state index < -0.39 is 0 Å². The molecular weight excluding hydrogens is 304 g/mol. The molecule has 1 saturated carbocycles. The first-order valence-electron chi connectivity index (χ1n) is 7.06. The van der Waals surface area contributed by atoms with Gasteiger partial charge in [0.05, 0.1) is 6.10 Å². The molecule has 0 radical (unpaired) electrons. The standard InChI is InChI=1S/C15H21BrN2O/c16-12-3-1-2-10(6-12)14(7-17)18-8-11-4-5-15(19)13(11)9-18/h1-3,6,11,13-15,19H,4-5,7-9,17H2. The summed E-state index contributed by atoms with van der Waals surface area (Å²) in [5, 5.41) is 10.0. The number of rotatable bonds is 3. The van der Waals surface area contributed by atoms with Crippen LogP contribution in [0, 0.1) is 11.8 Å². The largest absolute Gasteiger partial charge is 0.393 e. The molecule has 1 aromatic rings. The molecule has 1 heterocycles. The molecule has 1 aliphatic heterocycles. The highest BCUT2D eigenvalue weighted by Crippen LogP contribution is 2.41. The van der Waals surface area contributed by atoms with Crippen LogP contribution in [0.4, 0.5) is 0 Å². The summed E-state index contributed by atoms with van der Waals surface area (Å²) < 4.78 is 1.10. The van der Waals surface area contributed by atoms with E-state index in [1.807, 2.05) is 6.07 Å². The summed E-state index contributed by atoms with van der Waals surface area (Å²) in [5.41, 5.74) is 7.27. The molecule has 4 heteroatoms. The lowest BCUT2D eigenvalue weighted by molar-refractivity contribution is 0.118. The Bertz CT molecular complexity index is 454. The minimum Gasteiger partial charge on any atom is -0.393 e. The van der Waals surface area contributed by atoms with E-state index in [0.29, 0.717) is 18.4 Å². The topological polar surface area (TPSA) is 49.5 Å². The lowest BCUT2D eigenvalue weighted by Gasteiger charge is -2.28. The predicted molar refractivity (Wildman–Crippen MR) is 79.7 cm³/mol. The fourth-order valence-corrected chi connectivity index (χ4v) is 4.15. The summed E-state index contributed by atoms with van der Waals surface area (Å²) in [6.07, 6.45) is 2.04. The second kappa shape index (κ2) is 5.52. The highest BCUT2D eigenvalue weighted by molar-refractivity contribution is 9.10. The molecule has 0 bridgehead atoms. The average molecular weight is 325 g/mol. The van der Waals surface area contributed by atoms with E-state index in [4.69, 9.17) is 5.73 Å². The van der Waals surface area contributed by atoms with Gasteiger partial charge in [-0.25, -0.2) is 0 Å². The van der Waals surface area contributed by atoms with Gasteiger partial charge in [-0.05, 0) is 36.5 Å². The fraction of sp³-hybridized carbons (Fsp3) is 0.600. The molecule has 1 aliphatic carbocycles. The molecule has 19 heavy (non-hydrogen) atoms. The first kappa shape index (κ1) is 13.6. The first-order valence-corrected chi connectivity index (χ1v) is 7.86. The maximum Gasteiger partial charge on any atom is 0.0583 e. The van der Waals surface area contributed by atoms with E-state index in [0.717, 1.165) is 30.4 Å². The van der Waals surface area contributed by atoms with Crippen LogP contribution in [0.3, 0.4) is 0 Å². The van der Waals surface area contributed by atoms with Crippen LogP contribution in [-0.2, 0) is 0 Å². The molecule has 3 nitrogen and oxygen atoms in total. The van der Waals surface area contributed by atoms with Crippen molar-refractivity contribution in [3.05, 3.63) is 34.3 Å². The quantitative estimate of drug-likeness (QED) is 0.895. The number of aliphatic hydroxyl groups is 1. The van der Waals surface area contributed by atoms with Crippen LogP contribution in [0.15, 0.2) is 28.7 Å². The zero-order valence-electron chi connectivity index (χ0n) is 11.0. The normalized spacial score (nSPS) is 32.5. The Hall–Kier alpha value is -0.420. The Balaban J connectivity index is 1.77. The van der Waals surface area contributed by atoms with Gasteiger partial charge >= 0.3 is 0 Å². The Morgan fingerprint density at radius 3 is 2.89 bits per heavy atom. The molecule has 0 spiro atoms. The molecule has 0 aromatic heterocycles. The second-order valence-electron chi connectivity index (χ2n) is 5.83. The van der Waals surface area contributed by atoms with Crippen LogP contribution in [-0.4, -0.2) is 35.7 Å². The summed E-state index contributed by atoms with van der Waals surface area (Å²) in [6, 6.07) is 8.68. The summed E-state index contributed by atoms with van der Waals surface area (Å²) in [7, 11) is 0. The molecule has 1 saturated heterocycles. The smallest absolute Gasteiger partial charge is 0.0583 e. The molecule has 104 valence electrons. The van der Waals surface area contributed by atoms with Crippen molar-refractivity contribution in [1.82, 2.24) is 4.90 Å². The van der Waals surface area contributed by atoms with Gasteiger partial charge in [-0.2, -0.15) is 0 Å². The Labute approximate surface area is 122 Å². The number of hydrogen-bond donors (Lipinski definition) is 2. The maximum absolute atomic E-state index is 10.0. The minimum absolute atomic E-state index is 0.101. The maximum atomic E-state index is 10.0. The SMILES string of the molecule is NCC(c1cccc(Br)c1)N1CC2CCC(O)C2C1. The number of nitrogens with two attached hydrogens (primary N) is 1. The molecule has 3 rings (SSSR count). The molecular formula is C15H21BrN2O. The van der Waals surface area contributed by atoms with Crippen molar-refractivity contribution in [2.24, 2.45) is 17.6 Å². The number of fused-ring (bicyclic) bond motifs is 1. The van der Waals surface area contributed by atoms with E-state index in [1.54, 1.807) is 0 Å². The van der Waals surface area contributed by atoms with Gasteiger partial charge in [-0.3, -0.25) is 4.90 Å². The summed E-state index contributed by atoms with van der Waals surface area (Å²) in [5.74, 6) is 1.12. The number of likely N-dealkylation sites (tertiary alicyclic amines) is 1. The van der Waals surface area contributed by atoms with E-state index in [1.165, 1.54) is 5.56 Å². The van der Waals surface area contributed by atoms with Gasteiger partial charge in [-0.1, -0.05) is 28.1 Å². The van der Waals surface area contributed by atoms with Crippen LogP contribution < -0.4 is 5.73 Å². The molecule has 3 N–H and O–H groups in total. The number of hydrogen-bond acceptors (Lipinski definition) is 3.